The topological polar surface area (TPSA) is 136 Å². The second-order valence-corrected chi connectivity index (χ2v) is 7.93. The van der Waals surface area contributed by atoms with E-state index in [4.69, 9.17) is 11.6 Å². The fraction of sp³-hybridized carbons (Fsp3) is 0. The van der Waals surface area contributed by atoms with Crippen molar-refractivity contribution in [3.63, 3.8) is 0 Å². The molecule has 10 nitrogen and oxygen atoms in total. The lowest BCUT2D eigenvalue weighted by Crippen LogP contribution is -2.35. The maximum Gasteiger partial charge on any atom is 0.298 e. The van der Waals surface area contributed by atoms with Crippen molar-refractivity contribution in [1.29, 1.82) is 0 Å². The van der Waals surface area contributed by atoms with E-state index in [1.807, 2.05) is 30.3 Å². The largest absolute Gasteiger partial charge is 0.298 e. The van der Waals surface area contributed by atoms with Gasteiger partial charge in [0.2, 0.25) is 0 Å². The number of hydrogen-bond acceptors (Lipinski definition) is 6. The maximum absolute atomic E-state index is 13.5. The molecule has 0 saturated carbocycles. The Kier molecular flexibility index (Phi) is 5.55. The molecule has 172 valence electrons. The number of carbonyl (C=O) groups is 1. The van der Waals surface area contributed by atoms with Gasteiger partial charge in [-0.15, -0.1) is 0 Å². The Morgan fingerprint density at radius 1 is 1.00 bits per heavy atom. The highest BCUT2D eigenvalue weighted by Gasteiger charge is 2.21. The van der Waals surface area contributed by atoms with Gasteiger partial charge in [-0.2, -0.15) is 9.77 Å². The van der Waals surface area contributed by atoms with Crippen LogP contribution < -0.4 is 11.0 Å². The van der Waals surface area contributed by atoms with E-state index in [9.17, 15) is 19.7 Å². The third-order valence-electron chi connectivity index (χ3n) is 5.25. The molecule has 2 N–H and O–H groups in total. The summed E-state index contributed by atoms with van der Waals surface area (Å²) in [7, 11) is 0. The molecule has 0 atom stereocenters. The zero-order valence-electron chi connectivity index (χ0n) is 17.8. The molecule has 35 heavy (non-hydrogen) atoms. The molecule has 5 aromatic rings. The zero-order chi connectivity index (χ0) is 24.5. The zero-order valence-corrected chi connectivity index (χ0v) is 18.6. The number of aromatic nitrogens is 4. The van der Waals surface area contributed by atoms with Crippen LogP contribution in [0.4, 0.5) is 5.69 Å². The molecule has 11 heteroatoms. The number of H-pyrrole nitrogens is 1. The summed E-state index contributed by atoms with van der Waals surface area (Å²) in [5, 5.41) is 18.7. The average Bonchev–Trinajstić information content (AvgIpc) is 3.30. The number of aromatic amines is 1. The van der Waals surface area contributed by atoms with Crippen LogP contribution in [0.5, 0.6) is 0 Å². The number of halogens is 1. The number of fused-ring (bicyclic) bond motifs is 1. The Hall–Kier alpha value is -4.83. The summed E-state index contributed by atoms with van der Waals surface area (Å²) < 4.78 is 0.942. The van der Waals surface area contributed by atoms with Gasteiger partial charge in [-0.25, -0.2) is 4.98 Å². The van der Waals surface area contributed by atoms with Crippen LogP contribution in [0.25, 0.3) is 33.7 Å². The number of amides is 1. The van der Waals surface area contributed by atoms with E-state index in [-0.39, 0.29) is 33.7 Å². The second kappa shape index (κ2) is 8.84. The summed E-state index contributed by atoms with van der Waals surface area (Å²) in [6, 6.07) is 21.0. The van der Waals surface area contributed by atoms with E-state index < -0.39 is 16.4 Å². The monoisotopic (exact) mass is 486 g/mol. The Balaban J connectivity index is 1.73. The van der Waals surface area contributed by atoms with Crippen LogP contribution in [0.3, 0.4) is 0 Å². The minimum Gasteiger partial charge on any atom is -0.270 e. The molecule has 0 saturated heterocycles. The van der Waals surface area contributed by atoms with Gasteiger partial charge in [-0.3, -0.25) is 30.2 Å². The van der Waals surface area contributed by atoms with E-state index in [1.54, 1.807) is 18.2 Å². The van der Waals surface area contributed by atoms with E-state index in [0.29, 0.717) is 10.7 Å². The van der Waals surface area contributed by atoms with E-state index >= 15 is 0 Å². The first-order valence-corrected chi connectivity index (χ1v) is 10.7. The maximum atomic E-state index is 13.5. The summed E-state index contributed by atoms with van der Waals surface area (Å²) in [5.74, 6) is -0.620. The minimum absolute atomic E-state index is 0.000147. The molecule has 3 aromatic carbocycles. The number of nitro benzene ring substituents is 1. The Morgan fingerprint density at radius 2 is 1.74 bits per heavy atom. The summed E-state index contributed by atoms with van der Waals surface area (Å²) in [6.45, 7) is 0. The van der Waals surface area contributed by atoms with Crippen molar-refractivity contribution in [2.75, 3.05) is 5.43 Å². The summed E-state index contributed by atoms with van der Waals surface area (Å²) >= 11 is 6.00. The standard InChI is InChI=1S/C24H15ClN6O4/c25-17-10-4-9-16(12-17)23(32)29-30-22(15-8-5-11-18(13-15)31(34)35)26-20-19(14-6-2-1-3-7-14)27-28-21(20)24(30)33/h1-13H,(H,27,28)(H,29,32). The van der Waals surface area contributed by atoms with Crippen LogP contribution in [-0.2, 0) is 0 Å². The first-order valence-electron chi connectivity index (χ1n) is 10.3. The average molecular weight is 487 g/mol. The molecule has 0 aliphatic carbocycles. The van der Waals surface area contributed by atoms with Gasteiger partial charge in [0.1, 0.15) is 11.2 Å². The lowest BCUT2D eigenvalue weighted by Gasteiger charge is -2.14. The first-order chi connectivity index (χ1) is 16.9. The third-order valence-corrected chi connectivity index (χ3v) is 5.48. The Bertz CT molecular complexity index is 1660. The highest BCUT2D eigenvalue weighted by atomic mass is 35.5. The van der Waals surface area contributed by atoms with Crippen molar-refractivity contribution in [2.24, 2.45) is 0 Å². The molecule has 0 bridgehead atoms. The van der Waals surface area contributed by atoms with Gasteiger partial charge < -0.3 is 0 Å². The van der Waals surface area contributed by atoms with Crippen LogP contribution in [0.15, 0.2) is 83.7 Å². The molecular weight excluding hydrogens is 472 g/mol. The van der Waals surface area contributed by atoms with Crippen molar-refractivity contribution in [3.05, 3.63) is 110 Å². The molecule has 5 rings (SSSR count). The summed E-state index contributed by atoms with van der Waals surface area (Å²) in [5.41, 5.74) is 3.64. The number of carbonyl (C=O) groups excluding carboxylic acids is 1. The van der Waals surface area contributed by atoms with E-state index in [2.05, 4.69) is 20.6 Å². The molecule has 1 amide bonds. The number of non-ortho nitro benzene ring substituents is 1. The molecule has 0 fully saturated rings. The fourth-order valence-electron chi connectivity index (χ4n) is 3.61. The molecule has 0 unspecified atom stereocenters. The molecular formula is C24H15ClN6O4. The highest BCUT2D eigenvalue weighted by Crippen LogP contribution is 2.27. The molecule has 0 aliphatic rings. The van der Waals surface area contributed by atoms with Gasteiger partial charge in [0, 0.05) is 33.8 Å². The number of nitro groups is 1. The van der Waals surface area contributed by atoms with Crippen LogP contribution in [0, 0.1) is 10.1 Å². The highest BCUT2D eigenvalue weighted by molar-refractivity contribution is 6.31. The Labute approximate surface area is 201 Å². The predicted octanol–water partition coefficient (Wildman–Crippen LogP) is 4.40. The molecule has 0 radical (unpaired) electrons. The van der Waals surface area contributed by atoms with Crippen molar-refractivity contribution in [2.45, 2.75) is 0 Å². The van der Waals surface area contributed by atoms with Crippen molar-refractivity contribution in [1.82, 2.24) is 19.9 Å². The van der Waals surface area contributed by atoms with Gasteiger partial charge >= 0.3 is 0 Å². The first kappa shape index (κ1) is 22.0. The number of benzene rings is 3. The van der Waals surface area contributed by atoms with E-state index in [1.165, 1.54) is 30.3 Å². The summed E-state index contributed by atoms with van der Waals surface area (Å²) in [4.78, 5) is 41.9. The van der Waals surface area contributed by atoms with Crippen LogP contribution in [0.1, 0.15) is 10.4 Å². The fourth-order valence-corrected chi connectivity index (χ4v) is 3.80. The van der Waals surface area contributed by atoms with Gasteiger partial charge in [-0.05, 0) is 18.2 Å². The minimum atomic E-state index is -0.637. The van der Waals surface area contributed by atoms with Gasteiger partial charge in [0.05, 0.1) is 4.92 Å². The second-order valence-electron chi connectivity index (χ2n) is 7.50. The number of hydrogen-bond donors (Lipinski definition) is 2. The molecule has 2 aromatic heterocycles. The predicted molar refractivity (Wildman–Crippen MR) is 131 cm³/mol. The van der Waals surface area contributed by atoms with Gasteiger partial charge in [0.25, 0.3) is 17.2 Å². The normalized spacial score (nSPS) is 10.9. The quantitative estimate of drug-likeness (QED) is 0.279. The number of nitrogens with zero attached hydrogens (tertiary/aromatic N) is 4. The lowest BCUT2D eigenvalue weighted by molar-refractivity contribution is -0.384. The molecule has 2 heterocycles. The van der Waals surface area contributed by atoms with Gasteiger partial charge in [-0.1, -0.05) is 60.1 Å². The number of rotatable bonds is 5. The SMILES string of the molecule is O=C(Nn1c(-c2cccc([N+](=O)[O-])c2)nc2c(-c3ccccc3)n[nH]c2c1=O)c1cccc(Cl)c1. The van der Waals surface area contributed by atoms with Crippen LogP contribution in [-0.4, -0.2) is 30.7 Å². The smallest absolute Gasteiger partial charge is 0.270 e. The molecule has 0 aliphatic heterocycles. The number of nitrogens with one attached hydrogen (secondary N) is 2. The van der Waals surface area contributed by atoms with Crippen molar-refractivity contribution in [3.8, 4) is 22.6 Å². The lowest BCUT2D eigenvalue weighted by atomic mass is 10.1. The van der Waals surface area contributed by atoms with Crippen LogP contribution >= 0.6 is 11.6 Å². The van der Waals surface area contributed by atoms with Crippen molar-refractivity contribution >= 4 is 34.2 Å². The van der Waals surface area contributed by atoms with Crippen LogP contribution in [0.2, 0.25) is 5.02 Å². The van der Waals surface area contributed by atoms with Crippen molar-refractivity contribution < 1.29 is 9.72 Å². The van der Waals surface area contributed by atoms with E-state index in [0.717, 1.165) is 10.2 Å². The summed E-state index contributed by atoms with van der Waals surface area (Å²) in [6.07, 6.45) is 0. The third kappa shape index (κ3) is 4.13. The Morgan fingerprint density at radius 3 is 2.49 bits per heavy atom. The van der Waals surface area contributed by atoms with Gasteiger partial charge in [0.15, 0.2) is 11.3 Å². The molecule has 0 spiro atoms.